The summed E-state index contributed by atoms with van der Waals surface area (Å²) in [7, 11) is 1.73. The molecule has 0 spiro atoms. The van der Waals surface area contributed by atoms with E-state index in [0.29, 0.717) is 0 Å². The number of likely N-dealkylation sites (N-methyl/N-ethyl adjacent to an activating group) is 1. The largest absolute Gasteiger partial charge is 1.00 e. The maximum atomic E-state index is 5.50. The predicted molar refractivity (Wildman–Crippen MR) is 87.0 cm³/mol. The van der Waals surface area contributed by atoms with Gasteiger partial charge in [-0.1, -0.05) is 6.07 Å². The second-order valence-electron chi connectivity index (χ2n) is 5.37. The van der Waals surface area contributed by atoms with E-state index in [9.17, 15) is 0 Å². The number of halogens is 1. The Balaban J connectivity index is 0.00000242. The second kappa shape index (κ2) is 8.64. The minimum absolute atomic E-state index is 0. The monoisotopic (exact) mass is 320 g/mol. The minimum atomic E-state index is 0. The lowest BCUT2D eigenvalue weighted by molar-refractivity contribution is -0.694. The molecule has 1 aromatic heterocycles. The zero-order valence-corrected chi connectivity index (χ0v) is 14.6. The minimum Gasteiger partial charge on any atom is -1.00 e. The third kappa shape index (κ3) is 4.63. The number of anilines is 1. The number of aromatic nitrogens is 1. The Bertz CT molecular complexity index is 584. The van der Waals surface area contributed by atoms with Gasteiger partial charge in [0.2, 0.25) is 0 Å². The maximum Gasteiger partial charge on any atom is 0.169 e. The van der Waals surface area contributed by atoms with E-state index < -0.39 is 0 Å². The van der Waals surface area contributed by atoms with Crippen LogP contribution in [0.2, 0.25) is 0 Å². The van der Waals surface area contributed by atoms with Crippen LogP contribution in [0, 0.1) is 13.8 Å². The Labute approximate surface area is 139 Å². The van der Waals surface area contributed by atoms with E-state index in [-0.39, 0.29) is 12.4 Å². The fourth-order valence-corrected chi connectivity index (χ4v) is 2.41. The SMILES string of the molecule is CCN(CC[n+]1ccc(C)cc1)c1cc(C)ccc1OC.[Cl-]. The Morgan fingerprint density at radius 2 is 1.73 bits per heavy atom. The van der Waals surface area contributed by atoms with Gasteiger partial charge in [0.05, 0.1) is 19.3 Å². The summed E-state index contributed by atoms with van der Waals surface area (Å²) < 4.78 is 7.72. The van der Waals surface area contributed by atoms with Crippen molar-refractivity contribution < 1.29 is 21.7 Å². The molecule has 0 fully saturated rings. The predicted octanol–water partition coefficient (Wildman–Crippen LogP) is 0.130. The van der Waals surface area contributed by atoms with Crippen LogP contribution >= 0.6 is 0 Å². The van der Waals surface area contributed by atoms with Crippen LogP contribution in [0.15, 0.2) is 42.7 Å². The zero-order valence-electron chi connectivity index (χ0n) is 13.8. The summed E-state index contributed by atoms with van der Waals surface area (Å²) in [5.41, 5.74) is 3.72. The van der Waals surface area contributed by atoms with Gasteiger partial charge < -0.3 is 22.0 Å². The molecule has 0 aliphatic rings. The van der Waals surface area contributed by atoms with E-state index in [1.807, 2.05) is 6.07 Å². The van der Waals surface area contributed by atoms with Gasteiger partial charge in [0.15, 0.2) is 18.9 Å². The number of rotatable bonds is 6. The number of hydrogen-bond acceptors (Lipinski definition) is 2. The quantitative estimate of drug-likeness (QED) is 0.704. The number of aryl methyl sites for hydroxylation is 2. The zero-order chi connectivity index (χ0) is 15.2. The molecule has 0 aliphatic heterocycles. The number of nitrogens with zero attached hydrogens (tertiary/aromatic N) is 2. The highest BCUT2D eigenvalue weighted by Gasteiger charge is 2.12. The van der Waals surface area contributed by atoms with Crippen molar-refractivity contribution in [2.45, 2.75) is 27.3 Å². The maximum absolute atomic E-state index is 5.50. The molecule has 22 heavy (non-hydrogen) atoms. The summed E-state index contributed by atoms with van der Waals surface area (Å²) in [6.07, 6.45) is 4.27. The molecule has 3 nitrogen and oxygen atoms in total. The third-order valence-electron chi connectivity index (χ3n) is 3.74. The molecule has 0 saturated heterocycles. The first-order valence-corrected chi connectivity index (χ1v) is 7.49. The molecule has 120 valence electrons. The van der Waals surface area contributed by atoms with Crippen LogP contribution in [0.5, 0.6) is 5.75 Å². The smallest absolute Gasteiger partial charge is 0.169 e. The van der Waals surface area contributed by atoms with E-state index in [1.54, 1.807) is 7.11 Å². The molecular formula is C18H25ClN2O. The molecule has 0 aliphatic carbocycles. The fraction of sp³-hybridized carbons (Fsp3) is 0.389. The lowest BCUT2D eigenvalue weighted by Gasteiger charge is -2.24. The highest BCUT2D eigenvalue weighted by Crippen LogP contribution is 2.28. The molecule has 4 heteroatoms. The molecule has 2 aromatic rings. The van der Waals surface area contributed by atoms with Crippen LogP contribution in [0.3, 0.4) is 0 Å². The van der Waals surface area contributed by atoms with E-state index in [0.717, 1.165) is 25.4 Å². The van der Waals surface area contributed by atoms with Gasteiger partial charge in [0.25, 0.3) is 0 Å². The van der Waals surface area contributed by atoms with E-state index in [2.05, 4.69) is 66.9 Å². The Kier molecular flexibility index (Phi) is 7.19. The summed E-state index contributed by atoms with van der Waals surface area (Å²) in [4.78, 5) is 2.36. The van der Waals surface area contributed by atoms with Crippen LogP contribution < -0.4 is 26.6 Å². The molecule has 0 bridgehead atoms. The highest BCUT2D eigenvalue weighted by molar-refractivity contribution is 5.59. The molecule has 0 saturated carbocycles. The number of ether oxygens (including phenoxy) is 1. The second-order valence-corrected chi connectivity index (χ2v) is 5.37. The number of benzene rings is 1. The lowest BCUT2D eigenvalue weighted by Crippen LogP contribution is -3.00. The summed E-state index contributed by atoms with van der Waals surface area (Å²) in [6, 6.07) is 10.6. The van der Waals surface area contributed by atoms with Gasteiger partial charge in [-0.2, -0.15) is 0 Å². The van der Waals surface area contributed by atoms with Crippen LogP contribution in [-0.4, -0.2) is 20.2 Å². The van der Waals surface area contributed by atoms with Gasteiger partial charge in [-0.15, -0.1) is 0 Å². The number of methoxy groups -OCH3 is 1. The van der Waals surface area contributed by atoms with Gasteiger partial charge in [-0.3, -0.25) is 0 Å². The van der Waals surface area contributed by atoms with Crippen molar-refractivity contribution in [3.8, 4) is 5.75 Å². The average molecular weight is 321 g/mol. The molecule has 0 radical (unpaired) electrons. The normalized spacial score (nSPS) is 10.0. The van der Waals surface area contributed by atoms with Gasteiger partial charge in [0.1, 0.15) is 5.75 Å². The molecule has 0 unspecified atom stereocenters. The molecular weight excluding hydrogens is 296 g/mol. The van der Waals surface area contributed by atoms with Gasteiger partial charge in [0, 0.05) is 18.7 Å². The Morgan fingerprint density at radius 3 is 2.32 bits per heavy atom. The van der Waals surface area contributed by atoms with E-state index >= 15 is 0 Å². The molecule has 1 heterocycles. The number of hydrogen-bond donors (Lipinski definition) is 0. The molecule has 0 amide bonds. The van der Waals surface area contributed by atoms with Crippen molar-refractivity contribution in [2.75, 3.05) is 25.1 Å². The summed E-state index contributed by atoms with van der Waals surface area (Å²) >= 11 is 0. The summed E-state index contributed by atoms with van der Waals surface area (Å²) in [6.45, 7) is 9.30. The molecule has 1 aromatic carbocycles. The Hall–Kier alpha value is -1.74. The first-order chi connectivity index (χ1) is 10.1. The Morgan fingerprint density at radius 1 is 1.05 bits per heavy atom. The van der Waals surface area contributed by atoms with Crippen LogP contribution in [0.4, 0.5) is 5.69 Å². The van der Waals surface area contributed by atoms with Crippen molar-refractivity contribution in [1.29, 1.82) is 0 Å². The first kappa shape index (κ1) is 18.3. The van der Waals surface area contributed by atoms with Gasteiger partial charge >= 0.3 is 0 Å². The van der Waals surface area contributed by atoms with E-state index in [1.165, 1.54) is 16.8 Å². The van der Waals surface area contributed by atoms with Gasteiger partial charge in [-0.25, -0.2) is 4.57 Å². The van der Waals surface area contributed by atoms with Crippen LogP contribution in [0.25, 0.3) is 0 Å². The van der Waals surface area contributed by atoms with Crippen molar-refractivity contribution in [3.05, 3.63) is 53.9 Å². The fourth-order valence-electron chi connectivity index (χ4n) is 2.41. The molecule has 2 rings (SSSR count). The summed E-state index contributed by atoms with van der Waals surface area (Å²) in [5.74, 6) is 0.941. The standard InChI is InChI=1S/C18H25N2O.ClH/c1-5-20(13-12-19-10-8-15(2)9-11-19)17-14-16(3)6-7-18(17)21-4;/h6-11,14H,5,12-13H2,1-4H3;1H/q+1;/p-1. The lowest BCUT2D eigenvalue weighted by atomic mass is 10.2. The van der Waals surface area contributed by atoms with Crippen molar-refractivity contribution in [3.63, 3.8) is 0 Å². The van der Waals surface area contributed by atoms with Crippen molar-refractivity contribution >= 4 is 5.69 Å². The molecule has 0 N–H and O–H groups in total. The topological polar surface area (TPSA) is 16.4 Å². The van der Waals surface area contributed by atoms with Crippen LogP contribution in [-0.2, 0) is 6.54 Å². The molecule has 0 atom stereocenters. The van der Waals surface area contributed by atoms with Crippen LogP contribution in [0.1, 0.15) is 18.1 Å². The van der Waals surface area contributed by atoms with E-state index in [4.69, 9.17) is 4.74 Å². The van der Waals surface area contributed by atoms with Crippen molar-refractivity contribution in [1.82, 2.24) is 0 Å². The summed E-state index contributed by atoms with van der Waals surface area (Å²) in [5, 5.41) is 0. The van der Waals surface area contributed by atoms with Gasteiger partial charge in [-0.05, 0) is 44.0 Å². The van der Waals surface area contributed by atoms with Crippen molar-refractivity contribution in [2.24, 2.45) is 0 Å². The highest BCUT2D eigenvalue weighted by atomic mass is 35.5. The average Bonchev–Trinajstić information content (AvgIpc) is 2.50. The number of pyridine rings is 1. The third-order valence-corrected chi connectivity index (χ3v) is 3.74. The first-order valence-electron chi connectivity index (χ1n) is 7.49.